The van der Waals surface area contributed by atoms with Crippen LogP contribution in [-0.2, 0) is 32.0 Å². The highest BCUT2D eigenvalue weighted by atomic mass is 32.2. The summed E-state index contributed by atoms with van der Waals surface area (Å²) in [6.45, 7) is 0. The predicted molar refractivity (Wildman–Crippen MR) is 117 cm³/mol. The first kappa shape index (κ1) is 29.8. The Balaban J connectivity index is 1.81. The Bertz CT molecular complexity index is 1460. The van der Waals surface area contributed by atoms with Gasteiger partial charge in [-0.05, 0) is 62.1 Å². The molecular formula is C22H19F8NO5S2. The van der Waals surface area contributed by atoms with Gasteiger partial charge < -0.3 is 5.32 Å². The van der Waals surface area contributed by atoms with Crippen molar-refractivity contribution >= 4 is 25.6 Å². The van der Waals surface area contributed by atoms with Crippen molar-refractivity contribution in [1.29, 1.82) is 0 Å². The number of carbonyl (C=O) groups excluding carboxylic acids is 1. The fourth-order valence-electron chi connectivity index (χ4n) is 4.01. The molecule has 38 heavy (non-hydrogen) atoms. The second kappa shape index (κ2) is 9.77. The van der Waals surface area contributed by atoms with E-state index in [2.05, 4.69) is 5.32 Å². The highest BCUT2D eigenvalue weighted by molar-refractivity contribution is 7.92. The van der Waals surface area contributed by atoms with Crippen LogP contribution in [0.4, 0.5) is 35.1 Å². The second-order valence-corrected chi connectivity index (χ2v) is 13.0. The van der Waals surface area contributed by atoms with Gasteiger partial charge in [0.2, 0.25) is 14.8 Å². The Labute approximate surface area is 211 Å². The zero-order valence-corrected chi connectivity index (χ0v) is 20.9. The van der Waals surface area contributed by atoms with Crippen molar-refractivity contribution in [2.45, 2.75) is 58.9 Å². The lowest BCUT2D eigenvalue weighted by Gasteiger charge is -2.34. The Morgan fingerprint density at radius 2 is 1.45 bits per heavy atom. The third kappa shape index (κ3) is 6.11. The maximum absolute atomic E-state index is 15.5. The van der Waals surface area contributed by atoms with E-state index in [0.717, 1.165) is 0 Å². The Morgan fingerprint density at radius 3 is 1.95 bits per heavy atom. The number of halogens is 8. The molecule has 210 valence electrons. The van der Waals surface area contributed by atoms with Crippen molar-refractivity contribution in [2.24, 2.45) is 0 Å². The van der Waals surface area contributed by atoms with Gasteiger partial charge in [0, 0.05) is 12.3 Å². The zero-order valence-electron chi connectivity index (χ0n) is 19.3. The lowest BCUT2D eigenvalue weighted by Crippen LogP contribution is -2.45. The molecule has 1 saturated carbocycles. The molecule has 6 nitrogen and oxygen atoms in total. The summed E-state index contributed by atoms with van der Waals surface area (Å²) in [6.07, 6.45) is -11.8. The minimum absolute atomic E-state index is 0.0579. The van der Waals surface area contributed by atoms with Gasteiger partial charge in [-0.3, -0.25) is 4.79 Å². The van der Waals surface area contributed by atoms with Crippen molar-refractivity contribution in [1.82, 2.24) is 5.32 Å². The molecule has 0 unspecified atom stereocenters. The van der Waals surface area contributed by atoms with Crippen molar-refractivity contribution in [3.8, 4) is 0 Å². The van der Waals surface area contributed by atoms with E-state index >= 15 is 4.39 Å². The van der Waals surface area contributed by atoms with Gasteiger partial charge in [-0.25, -0.2) is 25.6 Å². The molecule has 2 aromatic rings. The van der Waals surface area contributed by atoms with E-state index in [1.807, 2.05) is 0 Å². The molecule has 0 aliphatic heterocycles. The van der Waals surface area contributed by atoms with E-state index in [4.69, 9.17) is 0 Å². The lowest BCUT2D eigenvalue weighted by molar-refractivity contribution is -0.138. The van der Waals surface area contributed by atoms with Crippen LogP contribution in [0.3, 0.4) is 0 Å². The number of alkyl halides is 7. The molecule has 0 aromatic heterocycles. The number of rotatable bonds is 5. The van der Waals surface area contributed by atoms with Crippen LogP contribution in [0.25, 0.3) is 0 Å². The minimum Gasteiger partial charge on any atom is -0.349 e. The standard InChI is InChI=1S/C22H19F8NO5S2/c1-37(33,34)18-10-12(21(25,26)27)2-3-17(18)19(32)31-15-4-6-20(24,7-5-15)38(35,36)16-9-13(22(28,29)30)8-14(23)11-16/h2-3,8-11,15H,4-7H2,1H3,(H,31,32)/t15-,20-. The maximum Gasteiger partial charge on any atom is 0.416 e. The zero-order chi connectivity index (χ0) is 28.9. The molecule has 1 aliphatic rings. The summed E-state index contributed by atoms with van der Waals surface area (Å²) in [5.41, 5.74) is -3.56. The smallest absolute Gasteiger partial charge is 0.349 e. The molecule has 1 N–H and O–H groups in total. The number of nitrogens with one attached hydrogen (secondary N) is 1. The SMILES string of the molecule is CS(=O)(=O)c1cc(C(F)(F)F)ccc1C(=O)N[C@H]1CC[C@](F)(S(=O)(=O)c2cc(F)cc(C(F)(F)F)c2)CC1. The molecule has 16 heteroatoms. The summed E-state index contributed by atoms with van der Waals surface area (Å²) in [6, 6.07) is 0.930. The highest BCUT2D eigenvalue weighted by Crippen LogP contribution is 2.42. The lowest BCUT2D eigenvalue weighted by atomic mass is 9.93. The molecule has 3 rings (SSSR count). The monoisotopic (exact) mass is 593 g/mol. The minimum atomic E-state index is -5.12. The Hall–Kier alpha value is -2.75. The number of hydrogen-bond donors (Lipinski definition) is 1. The van der Waals surface area contributed by atoms with Crippen LogP contribution in [0.1, 0.15) is 47.2 Å². The summed E-state index contributed by atoms with van der Waals surface area (Å²) in [5.74, 6) is -2.65. The van der Waals surface area contributed by atoms with E-state index in [1.165, 1.54) is 0 Å². The number of hydrogen-bond acceptors (Lipinski definition) is 5. The van der Waals surface area contributed by atoms with Crippen LogP contribution in [-0.4, -0.2) is 40.0 Å². The topological polar surface area (TPSA) is 97.4 Å². The van der Waals surface area contributed by atoms with Gasteiger partial charge in [-0.15, -0.1) is 0 Å². The van der Waals surface area contributed by atoms with Gasteiger partial charge in [-0.1, -0.05) is 0 Å². The van der Waals surface area contributed by atoms with E-state index < -0.39 is 94.1 Å². The summed E-state index contributed by atoms with van der Waals surface area (Å²) in [4.78, 5) is 10.6. The van der Waals surface area contributed by atoms with Gasteiger partial charge in [-0.2, -0.15) is 26.3 Å². The largest absolute Gasteiger partial charge is 0.416 e. The highest BCUT2D eigenvalue weighted by Gasteiger charge is 2.49. The summed E-state index contributed by atoms with van der Waals surface area (Å²) >= 11 is 0. The molecule has 0 saturated heterocycles. The van der Waals surface area contributed by atoms with Crippen LogP contribution >= 0.6 is 0 Å². The first-order chi connectivity index (χ1) is 17.1. The predicted octanol–water partition coefficient (Wildman–Crippen LogP) is 5.08. The molecule has 0 spiro atoms. The van der Waals surface area contributed by atoms with Gasteiger partial charge in [0.1, 0.15) is 5.82 Å². The fraction of sp³-hybridized carbons (Fsp3) is 0.409. The van der Waals surface area contributed by atoms with E-state index in [1.54, 1.807) is 0 Å². The van der Waals surface area contributed by atoms with Crippen LogP contribution < -0.4 is 5.32 Å². The summed E-state index contributed by atoms with van der Waals surface area (Å²) < 4.78 is 157. The van der Waals surface area contributed by atoms with Crippen LogP contribution in [0, 0.1) is 5.82 Å². The molecule has 1 aliphatic carbocycles. The normalized spacial score (nSPS) is 21.2. The summed E-state index contributed by atoms with van der Waals surface area (Å²) in [5, 5.41) is -0.782. The molecule has 2 aromatic carbocycles. The molecule has 0 bridgehead atoms. The number of benzene rings is 2. The Morgan fingerprint density at radius 1 is 0.895 bits per heavy atom. The second-order valence-electron chi connectivity index (χ2n) is 8.79. The van der Waals surface area contributed by atoms with Gasteiger partial charge in [0.15, 0.2) is 9.84 Å². The summed E-state index contributed by atoms with van der Waals surface area (Å²) in [7, 11) is -9.42. The number of amides is 1. The molecule has 0 radical (unpaired) electrons. The van der Waals surface area contributed by atoms with E-state index in [9.17, 15) is 52.4 Å². The third-order valence-corrected chi connectivity index (χ3v) is 9.38. The average Bonchev–Trinajstić information content (AvgIpc) is 2.78. The van der Waals surface area contributed by atoms with Crippen LogP contribution in [0.15, 0.2) is 46.2 Å². The average molecular weight is 594 g/mol. The fourth-order valence-corrected chi connectivity index (χ4v) is 6.66. The van der Waals surface area contributed by atoms with Crippen molar-refractivity contribution in [3.05, 3.63) is 58.9 Å². The van der Waals surface area contributed by atoms with Crippen LogP contribution in [0.2, 0.25) is 0 Å². The number of sulfone groups is 2. The number of carbonyl (C=O) groups is 1. The Kier molecular flexibility index (Phi) is 7.66. The third-order valence-electron chi connectivity index (χ3n) is 6.01. The van der Waals surface area contributed by atoms with Crippen molar-refractivity contribution in [3.63, 3.8) is 0 Å². The molecule has 1 fully saturated rings. The van der Waals surface area contributed by atoms with Gasteiger partial charge in [0.05, 0.1) is 26.5 Å². The van der Waals surface area contributed by atoms with Gasteiger partial charge >= 0.3 is 12.4 Å². The molecule has 1 amide bonds. The molecule has 0 atom stereocenters. The van der Waals surface area contributed by atoms with Crippen molar-refractivity contribution in [2.75, 3.05) is 6.26 Å². The first-order valence-corrected chi connectivity index (χ1v) is 14.1. The molecule has 0 heterocycles. The quantitative estimate of drug-likeness (QED) is 0.488. The van der Waals surface area contributed by atoms with E-state index in [0.29, 0.717) is 24.5 Å². The van der Waals surface area contributed by atoms with Crippen LogP contribution in [0.5, 0.6) is 0 Å². The van der Waals surface area contributed by atoms with Gasteiger partial charge in [0.25, 0.3) is 5.91 Å². The first-order valence-electron chi connectivity index (χ1n) is 10.7. The van der Waals surface area contributed by atoms with Crippen molar-refractivity contribution < 1.29 is 56.8 Å². The van der Waals surface area contributed by atoms with E-state index in [-0.39, 0.29) is 31.0 Å². The molecular weight excluding hydrogens is 574 g/mol. The maximum atomic E-state index is 15.5.